The fourth-order valence-corrected chi connectivity index (χ4v) is 3.92. The Morgan fingerprint density at radius 1 is 1.31 bits per heavy atom. The quantitative estimate of drug-likeness (QED) is 0.380. The highest BCUT2D eigenvalue weighted by molar-refractivity contribution is 6.32. The molecular formula is C22H24ClN7O2. The molecule has 0 bridgehead atoms. The van der Waals surface area contributed by atoms with Gasteiger partial charge in [0.15, 0.2) is 6.29 Å². The molecule has 1 aliphatic carbocycles. The fourth-order valence-electron chi connectivity index (χ4n) is 3.72. The number of nitriles is 1. The van der Waals surface area contributed by atoms with Gasteiger partial charge in [0.1, 0.15) is 0 Å². The summed E-state index contributed by atoms with van der Waals surface area (Å²) in [7, 11) is 0. The molecule has 4 rings (SSSR count). The summed E-state index contributed by atoms with van der Waals surface area (Å²) in [5, 5.41) is 35.5. The Balaban J connectivity index is 1.43. The van der Waals surface area contributed by atoms with Crippen molar-refractivity contribution >= 4 is 23.2 Å². The number of aliphatic hydroxyl groups is 2. The minimum Gasteiger partial charge on any atom is -0.364 e. The van der Waals surface area contributed by atoms with Crippen LogP contribution >= 0.6 is 11.6 Å². The number of halogens is 1. The van der Waals surface area contributed by atoms with Crippen LogP contribution in [0.25, 0.3) is 11.3 Å². The van der Waals surface area contributed by atoms with Crippen molar-refractivity contribution in [3.8, 4) is 17.3 Å². The molecule has 0 spiro atoms. The molecule has 0 aliphatic heterocycles. The molecule has 1 saturated carbocycles. The summed E-state index contributed by atoms with van der Waals surface area (Å²) in [5.74, 6) is 0.992. The van der Waals surface area contributed by atoms with E-state index >= 15 is 0 Å². The van der Waals surface area contributed by atoms with Gasteiger partial charge in [0.25, 0.3) is 0 Å². The average Bonchev–Trinajstić information content (AvgIpc) is 3.40. The van der Waals surface area contributed by atoms with Crippen LogP contribution in [0, 0.1) is 23.2 Å². The second-order valence-corrected chi connectivity index (χ2v) is 8.56. The molecule has 1 aliphatic rings. The number of nitrogens with one attached hydrogen (secondary N) is 1. The highest BCUT2D eigenvalue weighted by atomic mass is 35.5. The maximum atomic E-state index is 9.26. The smallest absolute Gasteiger partial charge is 0.227 e. The van der Waals surface area contributed by atoms with Crippen LogP contribution in [0.15, 0.2) is 42.9 Å². The molecule has 1 aromatic carbocycles. The van der Waals surface area contributed by atoms with Crippen molar-refractivity contribution in [1.82, 2.24) is 19.7 Å². The minimum absolute atomic E-state index is 0.152. The van der Waals surface area contributed by atoms with Crippen molar-refractivity contribution in [3.05, 3.63) is 53.4 Å². The molecule has 3 aromatic rings. The molecular weight excluding hydrogens is 430 g/mol. The Hall–Kier alpha value is -3.03. The first-order valence-corrected chi connectivity index (χ1v) is 10.7. The van der Waals surface area contributed by atoms with E-state index in [1.807, 2.05) is 17.8 Å². The van der Waals surface area contributed by atoms with Crippen LogP contribution in [0.5, 0.6) is 0 Å². The van der Waals surface area contributed by atoms with Gasteiger partial charge in [0.05, 0.1) is 47.0 Å². The Bertz CT molecular complexity index is 1130. The number of nitrogens with zero attached hydrogens (tertiary/aromatic N) is 5. The molecule has 4 atom stereocenters. The van der Waals surface area contributed by atoms with E-state index in [4.69, 9.17) is 22.6 Å². The third-order valence-corrected chi connectivity index (χ3v) is 6.02. The van der Waals surface area contributed by atoms with Crippen LogP contribution in [0.1, 0.15) is 37.7 Å². The van der Waals surface area contributed by atoms with Gasteiger partial charge >= 0.3 is 0 Å². The van der Waals surface area contributed by atoms with E-state index in [0.29, 0.717) is 34.2 Å². The summed E-state index contributed by atoms with van der Waals surface area (Å²) in [4.78, 5) is 8.75. The number of rotatable bonds is 8. The zero-order valence-electron chi connectivity index (χ0n) is 17.4. The van der Waals surface area contributed by atoms with Crippen LogP contribution in [0.3, 0.4) is 0 Å². The molecule has 0 amide bonds. The third kappa shape index (κ3) is 4.89. The van der Waals surface area contributed by atoms with E-state index in [0.717, 1.165) is 24.1 Å². The van der Waals surface area contributed by atoms with Crippen molar-refractivity contribution in [2.24, 2.45) is 17.6 Å². The predicted octanol–water partition coefficient (Wildman–Crippen LogP) is 3.16. The number of nitrogens with two attached hydrogens (primary N) is 1. The van der Waals surface area contributed by atoms with Crippen molar-refractivity contribution in [3.63, 3.8) is 0 Å². The lowest BCUT2D eigenvalue weighted by Crippen LogP contribution is -2.26. The lowest BCUT2D eigenvalue weighted by molar-refractivity contribution is -0.0424. The molecule has 0 radical (unpaired) electrons. The second kappa shape index (κ2) is 9.22. The first kappa shape index (κ1) is 22.2. The first-order valence-electron chi connectivity index (χ1n) is 10.3. The SMILES string of the molecule is C[C@@H](CC1CC1n1cc(Nc2ncc(Cl)c(-c3ccc(C(O)O)cc3)n2)cn1)[C@H](N)C#N. The summed E-state index contributed by atoms with van der Waals surface area (Å²) >= 11 is 6.28. The second-order valence-electron chi connectivity index (χ2n) is 8.15. The van der Waals surface area contributed by atoms with Gasteiger partial charge in [-0.05, 0) is 24.7 Å². The molecule has 10 heteroatoms. The molecule has 0 saturated heterocycles. The zero-order chi connectivity index (χ0) is 22.8. The highest BCUT2D eigenvalue weighted by Crippen LogP contribution is 2.47. The summed E-state index contributed by atoms with van der Waals surface area (Å²) in [6.45, 7) is 2.01. The van der Waals surface area contributed by atoms with Gasteiger partial charge < -0.3 is 21.3 Å². The normalized spacial score (nSPS) is 19.4. The van der Waals surface area contributed by atoms with Crippen molar-refractivity contribution in [2.45, 2.75) is 38.1 Å². The number of anilines is 2. The Morgan fingerprint density at radius 3 is 2.75 bits per heavy atom. The van der Waals surface area contributed by atoms with E-state index in [9.17, 15) is 10.2 Å². The molecule has 2 unspecified atom stereocenters. The highest BCUT2D eigenvalue weighted by Gasteiger charge is 2.40. The van der Waals surface area contributed by atoms with Crippen molar-refractivity contribution in [2.75, 3.05) is 5.32 Å². The molecule has 32 heavy (non-hydrogen) atoms. The fraction of sp³-hybridized carbons (Fsp3) is 0.364. The van der Waals surface area contributed by atoms with E-state index in [2.05, 4.69) is 26.5 Å². The standard InChI is InChI=1S/C22H24ClN7O2/c1-12(18(25)8-24)6-15-7-19(15)30-11-16(9-27-30)28-22-26-10-17(23)20(29-22)13-2-4-14(5-3-13)21(31)32/h2-5,9-12,15,18-19,21,31-32H,6-7,25H2,1H3,(H,26,28,29)/t12-,15?,18+,19?/m0/s1. The lowest BCUT2D eigenvalue weighted by Gasteiger charge is -2.12. The van der Waals surface area contributed by atoms with Crippen LogP contribution in [-0.2, 0) is 0 Å². The van der Waals surface area contributed by atoms with E-state index < -0.39 is 12.3 Å². The van der Waals surface area contributed by atoms with E-state index in [1.165, 1.54) is 6.20 Å². The number of hydrogen-bond acceptors (Lipinski definition) is 8. The maximum Gasteiger partial charge on any atom is 0.227 e. The van der Waals surface area contributed by atoms with Gasteiger partial charge in [0.2, 0.25) is 5.95 Å². The lowest BCUT2D eigenvalue weighted by atomic mass is 9.97. The zero-order valence-corrected chi connectivity index (χ0v) is 18.2. The van der Waals surface area contributed by atoms with Gasteiger partial charge in [-0.15, -0.1) is 0 Å². The van der Waals surface area contributed by atoms with E-state index in [1.54, 1.807) is 30.5 Å². The van der Waals surface area contributed by atoms with Crippen LogP contribution in [0.2, 0.25) is 5.02 Å². The minimum atomic E-state index is -1.53. The summed E-state index contributed by atoms with van der Waals surface area (Å²) in [6.07, 6.45) is 5.53. The summed E-state index contributed by atoms with van der Waals surface area (Å²) in [5.41, 5.74) is 8.20. The van der Waals surface area contributed by atoms with Crippen molar-refractivity contribution in [1.29, 1.82) is 5.26 Å². The van der Waals surface area contributed by atoms with Gasteiger partial charge in [0, 0.05) is 17.3 Å². The predicted molar refractivity (Wildman–Crippen MR) is 120 cm³/mol. The average molecular weight is 454 g/mol. The van der Waals surface area contributed by atoms with Gasteiger partial charge in [-0.25, -0.2) is 9.97 Å². The first-order chi connectivity index (χ1) is 15.4. The number of hydrogen-bond donors (Lipinski definition) is 4. The molecule has 166 valence electrons. The number of aliphatic hydroxyl groups excluding tert-OH is 1. The molecule has 1 fully saturated rings. The molecule has 2 aromatic heterocycles. The number of benzene rings is 1. The van der Waals surface area contributed by atoms with Gasteiger partial charge in [-0.3, -0.25) is 4.68 Å². The Labute approximate surface area is 190 Å². The topological polar surface area (TPSA) is 146 Å². The van der Waals surface area contributed by atoms with Crippen LogP contribution in [-0.4, -0.2) is 36.0 Å². The van der Waals surface area contributed by atoms with Gasteiger partial charge in [-0.1, -0.05) is 42.8 Å². The Kier molecular flexibility index (Phi) is 6.39. The van der Waals surface area contributed by atoms with Crippen LogP contribution in [0.4, 0.5) is 11.6 Å². The molecule has 9 nitrogen and oxygen atoms in total. The molecule has 2 heterocycles. The van der Waals surface area contributed by atoms with E-state index in [-0.39, 0.29) is 5.92 Å². The van der Waals surface area contributed by atoms with Crippen molar-refractivity contribution < 1.29 is 10.2 Å². The monoisotopic (exact) mass is 453 g/mol. The molecule has 5 N–H and O–H groups in total. The largest absolute Gasteiger partial charge is 0.364 e. The van der Waals surface area contributed by atoms with Gasteiger partial charge in [-0.2, -0.15) is 10.4 Å². The summed E-state index contributed by atoms with van der Waals surface area (Å²) in [6, 6.07) is 8.63. The van der Waals surface area contributed by atoms with Crippen LogP contribution < -0.4 is 11.1 Å². The number of aromatic nitrogens is 4. The summed E-state index contributed by atoms with van der Waals surface area (Å²) < 4.78 is 1.92. The maximum absolute atomic E-state index is 9.26. The Morgan fingerprint density at radius 2 is 2.06 bits per heavy atom. The third-order valence-electron chi connectivity index (χ3n) is 5.75.